The summed E-state index contributed by atoms with van der Waals surface area (Å²) in [6, 6.07) is 8.54. The minimum Gasteiger partial charge on any atom is -0.493 e. The van der Waals surface area contributed by atoms with Crippen LogP contribution in [0.3, 0.4) is 0 Å². The summed E-state index contributed by atoms with van der Waals surface area (Å²) in [5.74, 6) is 0.736. The average Bonchev–Trinajstić information content (AvgIpc) is 2.21. The van der Waals surface area contributed by atoms with E-state index in [4.69, 9.17) is 27.3 Å². The molecule has 1 unspecified atom stereocenters. The molecule has 1 aromatic carbocycles. The highest BCUT2D eigenvalue weighted by Crippen LogP contribution is 2.15. The van der Waals surface area contributed by atoms with Crippen LogP contribution in [0.5, 0.6) is 5.75 Å². The molecule has 0 heterocycles. The average molecular weight is 211 g/mol. The second-order valence-corrected chi connectivity index (χ2v) is 3.26. The van der Waals surface area contributed by atoms with Crippen LogP contribution in [0.1, 0.15) is 6.42 Å². The van der Waals surface area contributed by atoms with Crippen molar-refractivity contribution >= 4 is 11.6 Å². The highest BCUT2D eigenvalue weighted by molar-refractivity contribution is 6.30. The lowest BCUT2D eigenvalue weighted by atomic mass is 10.2. The molecule has 3 nitrogen and oxygen atoms in total. The number of nitriles is 1. The summed E-state index contributed by atoms with van der Waals surface area (Å²) in [7, 11) is 0. The van der Waals surface area contributed by atoms with Crippen LogP contribution in [-0.2, 0) is 0 Å². The number of nitrogens with zero attached hydrogens (tertiary/aromatic N) is 1. The van der Waals surface area contributed by atoms with Gasteiger partial charge in [0, 0.05) is 11.4 Å². The largest absolute Gasteiger partial charge is 0.493 e. The number of nitrogens with two attached hydrogens (primary N) is 1. The SMILES string of the molecule is N#CC(N)CCOc1ccc(Cl)cc1. The van der Waals surface area contributed by atoms with Gasteiger partial charge < -0.3 is 10.5 Å². The summed E-state index contributed by atoms with van der Waals surface area (Å²) in [6.07, 6.45) is 0.527. The second-order valence-electron chi connectivity index (χ2n) is 2.83. The molecule has 14 heavy (non-hydrogen) atoms. The lowest BCUT2D eigenvalue weighted by Gasteiger charge is -2.06. The maximum absolute atomic E-state index is 8.42. The van der Waals surface area contributed by atoms with Crippen LogP contribution in [0.2, 0.25) is 5.02 Å². The number of hydrogen-bond donors (Lipinski definition) is 1. The molecule has 0 aliphatic heterocycles. The number of ether oxygens (including phenoxy) is 1. The van der Waals surface area contributed by atoms with Gasteiger partial charge in [-0.15, -0.1) is 0 Å². The number of hydrogen-bond acceptors (Lipinski definition) is 3. The van der Waals surface area contributed by atoms with E-state index in [1.807, 2.05) is 6.07 Å². The molecule has 0 saturated heterocycles. The predicted octanol–water partition coefficient (Wildman–Crippen LogP) is 1.96. The third kappa shape index (κ3) is 3.65. The third-order valence-corrected chi connectivity index (χ3v) is 1.93. The molecule has 74 valence electrons. The molecule has 0 fully saturated rings. The summed E-state index contributed by atoms with van der Waals surface area (Å²) in [5, 5.41) is 9.09. The molecule has 0 saturated carbocycles. The van der Waals surface area contributed by atoms with Crippen molar-refractivity contribution in [2.75, 3.05) is 6.61 Å². The van der Waals surface area contributed by atoms with Crippen LogP contribution in [0.4, 0.5) is 0 Å². The van der Waals surface area contributed by atoms with Crippen molar-refractivity contribution in [1.29, 1.82) is 5.26 Å². The lowest BCUT2D eigenvalue weighted by Crippen LogP contribution is -2.20. The summed E-state index contributed by atoms with van der Waals surface area (Å²) >= 11 is 5.70. The van der Waals surface area contributed by atoms with Gasteiger partial charge in [-0.05, 0) is 24.3 Å². The number of rotatable bonds is 4. The van der Waals surface area contributed by atoms with Gasteiger partial charge in [-0.2, -0.15) is 5.26 Å². The zero-order valence-electron chi connectivity index (χ0n) is 7.61. The first-order valence-corrected chi connectivity index (χ1v) is 4.63. The van der Waals surface area contributed by atoms with Gasteiger partial charge in [0.1, 0.15) is 5.75 Å². The van der Waals surface area contributed by atoms with E-state index in [0.29, 0.717) is 18.1 Å². The zero-order valence-corrected chi connectivity index (χ0v) is 8.37. The van der Waals surface area contributed by atoms with Crippen molar-refractivity contribution < 1.29 is 4.74 Å². The summed E-state index contributed by atoms with van der Waals surface area (Å²) in [5.41, 5.74) is 5.40. The van der Waals surface area contributed by atoms with Crippen molar-refractivity contribution in [3.63, 3.8) is 0 Å². The first-order valence-electron chi connectivity index (χ1n) is 4.26. The molecular formula is C10H11ClN2O. The first-order chi connectivity index (χ1) is 6.72. The topological polar surface area (TPSA) is 59.0 Å². The molecule has 0 spiro atoms. The Morgan fingerprint density at radius 1 is 1.43 bits per heavy atom. The first kappa shape index (κ1) is 10.8. The maximum atomic E-state index is 8.42. The van der Waals surface area contributed by atoms with Crippen LogP contribution >= 0.6 is 11.6 Å². The molecule has 0 radical (unpaired) electrons. The van der Waals surface area contributed by atoms with Crippen LogP contribution in [0, 0.1) is 11.3 Å². The van der Waals surface area contributed by atoms with Gasteiger partial charge in [-0.25, -0.2) is 0 Å². The standard InChI is InChI=1S/C10H11ClN2O/c11-8-1-3-10(4-2-8)14-6-5-9(13)7-12/h1-4,9H,5-6,13H2. The monoisotopic (exact) mass is 210 g/mol. The van der Waals surface area contributed by atoms with E-state index in [9.17, 15) is 0 Å². The number of benzene rings is 1. The van der Waals surface area contributed by atoms with E-state index in [2.05, 4.69) is 0 Å². The van der Waals surface area contributed by atoms with Crippen molar-refractivity contribution in [3.8, 4) is 11.8 Å². The molecule has 4 heteroatoms. The van der Waals surface area contributed by atoms with Crippen LogP contribution in [0.25, 0.3) is 0 Å². The third-order valence-electron chi connectivity index (χ3n) is 1.68. The van der Waals surface area contributed by atoms with Crippen molar-refractivity contribution in [3.05, 3.63) is 29.3 Å². The summed E-state index contributed by atoms with van der Waals surface area (Å²) in [4.78, 5) is 0. The minimum atomic E-state index is -0.456. The van der Waals surface area contributed by atoms with E-state index >= 15 is 0 Å². The number of halogens is 1. The van der Waals surface area contributed by atoms with E-state index in [1.165, 1.54) is 0 Å². The minimum absolute atomic E-state index is 0.441. The van der Waals surface area contributed by atoms with Gasteiger partial charge in [0.25, 0.3) is 0 Å². The van der Waals surface area contributed by atoms with Gasteiger partial charge in [0.15, 0.2) is 0 Å². The van der Waals surface area contributed by atoms with Crippen LogP contribution < -0.4 is 10.5 Å². The Labute approximate surface area is 88.0 Å². The van der Waals surface area contributed by atoms with Gasteiger partial charge in [-0.1, -0.05) is 11.6 Å². The smallest absolute Gasteiger partial charge is 0.119 e. The quantitative estimate of drug-likeness (QED) is 0.827. The Hall–Kier alpha value is -1.24. The molecule has 0 aromatic heterocycles. The van der Waals surface area contributed by atoms with E-state index in [-0.39, 0.29) is 0 Å². The lowest BCUT2D eigenvalue weighted by molar-refractivity contribution is 0.306. The van der Waals surface area contributed by atoms with Crippen LogP contribution in [-0.4, -0.2) is 12.6 Å². The fourth-order valence-electron chi connectivity index (χ4n) is 0.899. The highest BCUT2D eigenvalue weighted by atomic mass is 35.5. The fraction of sp³-hybridized carbons (Fsp3) is 0.300. The Kier molecular flexibility index (Phi) is 4.24. The molecule has 0 aliphatic carbocycles. The maximum Gasteiger partial charge on any atom is 0.119 e. The van der Waals surface area contributed by atoms with E-state index < -0.39 is 6.04 Å². The highest BCUT2D eigenvalue weighted by Gasteiger charge is 1.99. The Morgan fingerprint density at radius 2 is 2.07 bits per heavy atom. The molecule has 1 aromatic rings. The van der Waals surface area contributed by atoms with Gasteiger partial charge >= 0.3 is 0 Å². The Balaban J connectivity index is 2.32. The molecule has 2 N–H and O–H groups in total. The zero-order chi connectivity index (χ0) is 10.4. The van der Waals surface area contributed by atoms with Crippen molar-refractivity contribution in [2.45, 2.75) is 12.5 Å². The van der Waals surface area contributed by atoms with E-state index in [0.717, 1.165) is 5.75 Å². The Bertz CT molecular complexity index is 318. The van der Waals surface area contributed by atoms with Crippen molar-refractivity contribution in [2.24, 2.45) is 5.73 Å². The molecule has 1 atom stereocenters. The molecule has 0 amide bonds. The second kappa shape index (κ2) is 5.48. The molecular weight excluding hydrogens is 200 g/mol. The van der Waals surface area contributed by atoms with Crippen molar-refractivity contribution in [1.82, 2.24) is 0 Å². The van der Waals surface area contributed by atoms with Crippen LogP contribution in [0.15, 0.2) is 24.3 Å². The summed E-state index contributed by atoms with van der Waals surface area (Å²) in [6.45, 7) is 0.441. The normalized spacial score (nSPS) is 11.8. The van der Waals surface area contributed by atoms with Gasteiger partial charge in [-0.3, -0.25) is 0 Å². The molecule has 0 aliphatic rings. The van der Waals surface area contributed by atoms with Gasteiger partial charge in [0.2, 0.25) is 0 Å². The predicted molar refractivity (Wildman–Crippen MR) is 55.2 cm³/mol. The van der Waals surface area contributed by atoms with E-state index in [1.54, 1.807) is 24.3 Å². The summed E-state index contributed by atoms with van der Waals surface area (Å²) < 4.78 is 5.34. The van der Waals surface area contributed by atoms with Gasteiger partial charge in [0.05, 0.1) is 18.7 Å². The molecule has 0 bridgehead atoms. The Morgan fingerprint density at radius 3 is 2.64 bits per heavy atom. The molecule has 1 rings (SSSR count). The fourth-order valence-corrected chi connectivity index (χ4v) is 1.03.